The zero-order valence-corrected chi connectivity index (χ0v) is 21.8. The average molecular weight is 500 g/mol. The van der Waals surface area contributed by atoms with Crippen LogP contribution in [0.25, 0.3) is 0 Å². The molecule has 3 aromatic rings. The fraction of sp³-hybridized carbons (Fsp3) is 0.333. The van der Waals surface area contributed by atoms with E-state index in [0.29, 0.717) is 16.9 Å². The predicted octanol–water partition coefficient (Wildman–Crippen LogP) is 4.63. The van der Waals surface area contributed by atoms with Gasteiger partial charge in [-0.2, -0.15) is 0 Å². The fourth-order valence-corrected chi connectivity index (χ4v) is 5.41. The van der Waals surface area contributed by atoms with Crippen LogP contribution >= 0.6 is 0 Å². The number of Topliss-reactive ketones (excluding diaryl/α,β-unsaturated/α-hetero) is 1. The van der Waals surface area contributed by atoms with Gasteiger partial charge in [0.15, 0.2) is 0 Å². The summed E-state index contributed by atoms with van der Waals surface area (Å²) in [6.45, 7) is 9.20. The molecule has 1 aromatic heterocycles. The molecule has 37 heavy (non-hydrogen) atoms. The Labute approximate surface area is 217 Å². The van der Waals surface area contributed by atoms with Gasteiger partial charge in [-0.3, -0.25) is 19.4 Å². The molecule has 1 aliphatic carbocycles. The minimum Gasteiger partial charge on any atom is -0.389 e. The van der Waals surface area contributed by atoms with E-state index in [1.165, 1.54) is 6.92 Å². The summed E-state index contributed by atoms with van der Waals surface area (Å²) >= 11 is 0. The van der Waals surface area contributed by atoms with Crippen molar-refractivity contribution in [2.24, 2.45) is 11.8 Å². The first-order valence-electron chi connectivity index (χ1n) is 12.4. The zero-order valence-electron chi connectivity index (χ0n) is 21.8. The van der Waals surface area contributed by atoms with Crippen molar-refractivity contribution >= 4 is 29.0 Å². The summed E-state index contributed by atoms with van der Waals surface area (Å²) in [6.07, 6.45) is 2.80. The largest absolute Gasteiger partial charge is 0.389 e. The molecule has 0 aliphatic heterocycles. The number of hydrogen-bond acceptors (Lipinski definition) is 5. The summed E-state index contributed by atoms with van der Waals surface area (Å²) in [7, 11) is 0. The van der Waals surface area contributed by atoms with Gasteiger partial charge < -0.3 is 15.7 Å². The number of benzene rings is 2. The van der Waals surface area contributed by atoms with Crippen molar-refractivity contribution in [3.05, 3.63) is 88.7 Å². The Hall–Kier alpha value is -3.84. The molecule has 0 radical (unpaired) electrons. The number of ketones is 1. The highest BCUT2D eigenvalue weighted by molar-refractivity contribution is 6.10. The van der Waals surface area contributed by atoms with Crippen LogP contribution in [0.5, 0.6) is 0 Å². The van der Waals surface area contributed by atoms with Crippen molar-refractivity contribution in [3.63, 3.8) is 0 Å². The van der Waals surface area contributed by atoms with Crippen molar-refractivity contribution < 1.29 is 19.5 Å². The van der Waals surface area contributed by atoms with Crippen LogP contribution in [0.3, 0.4) is 0 Å². The Morgan fingerprint density at radius 3 is 1.89 bits per heavy atom. The van der Waals surface area contributed by atoms with Crippen LogP contribution in [0.15, 0.2) is 60.9 Å². The maximum atomic E-state index is 13.8. The lowest BCUT2D eigenvalue weighted by molar-refractivity contribution is -0.150. The minimum absolute atomic E-state index is 0.315. The smallest absolute Gasteiger partial charge is 0.235 e. The van der Waals surface area contributed by atoms with E-state index < -0.39 is 41.0 Å². The Kier molecular flexibility index (Phi) is 7.28. The number of aryl methyl sites for hydroxylation is 4. The number of anilines is 2. The monoisotopic (exact) mass is 499 g/mol. The molecule has 3 N–H and O–H groups in total. The molecular weight excluding hydrogens is 466 g/mol. The van der Waals surface area contributed by atoms with E-state index in [2.05, 4.69) is 15.6 Å². The summed E-state index contributed by atoms with van der Waals surface area (Å²) in [5, 5.41) is 17.3. The second-order valence-corrected chi connectivity index (χ2v) is 10.4. The van der Waals surface area contributed by atoms with Gasteiger partial charge in [0.25, 0.3) is 0 Å². The first kappa shape index (κ1) is 26.2. The second-order valence-electron chi connectivity index (χ2n) is 10.4. The number of hydrogen-bond donors (Lipinski definition) is 3. The molecule has 1 saturated carbocycles. The van der Waals surface area contributed by atoms with Crippen molar-refractivity contribution in [2.75, 3.05) is 10.6 Å². The molecule has 192 valence electrons. The van der Waals surface area contributed by atoms with Gasteiger partial charge in [-0.15, -0.1) is 0 Å². The van der Waals surface area contributed by atoms with Gasteiger partial charge in [0.05, 0.1) is 11.5 Å². The highest BCUT2D eigenvalue weighted by Gasteiger charge is 2.56. The Morgan fingerprint density at radius 2 is 1.38 bits per heavy atom. The lowest BCUT2D eigenvalue weighted by atomic mass is 9.61. The van der Waals surface area contributed by atoms with E-state index in [-0.39, 0.29) is 6.42 Å². The number of aliphatic hydroxyl groups is 1. The van der Waals surface area contributed by atoms with E-state index in [4.69, 9.17) is 0 Å². The average Bonchev–Trinajstić information content (AvgIpc) is 2.82. The van der Waals surface area contributed by atoms with Crippen molar-refractivity contribution in [3.8, 4) is 0 Å². The third-order valence-electron chi connectivity index (χ3n) is 7.20. The zero-order chi connectivity index (χ0) is 26.9. The number of amides is 2. The fourth-order valence-electron chi connectivity index (χ4n) is 5.41. The van der Waals surface area contributed by atoms with Crippen molar-refractivity contribution in [1.29, 1.82) is 0 Å². The molecular formula is C30H33N3O4. The Morgan fingerprint density at radius 1 is 0.865 bits per heavy atom. The topological polar surface area (TPSA) is 108 Å². The van der Waals surface area contributed by atoms with E-state index in [0.717, 1.165) is 22.3 Å². The Bertz CT molecular complexity index is 1350. The molecule has 1 fully saturated rings. The maximum absolute atomic E-state index is 13.8. The van der Waals surface area contributed by atoms with Crippen molar-refractivity contribution in [2.45, 2.75) is 52.6 Å². The molecule has 2 amide bonds. The quantitative estimate of drug-likeness (QED) is 0.444. The van der Waals surface area contributed by atoms with Crippen LogP contribution in [0.1, 0.15) is 47.1 Å². The molecule has 1 aliphatic rings. The van der Waals surface area contributed by atoms with Gasteiger partial charge >= 0.3 is 0 Å². The van der Waals surface area contributed by atoms with Gasteiger partial charge in [-0.25, -0.2) is 0 Å². The Balaban J connectivity index is 1.75. The normalized spacial score (nSPS) is 23.4. The third-order valence-corrected chi connectivity index (χ3v) is 7.20. The highest BCUT2D eigenvalue weighted by atomic mass is 16.3. The second kappa shape index (κ2) is 10.3. The third kappa shape index (κ3) is 5.47. The molecule has 4 rings (SSSR count). The molecule has 2 aromatic carbocycles. The van der Waals surface area contributed by atoms with Crippen LogP contribution in [-0.2, 0) is 14.4 Å². The number of nitrogens with zero attached hydrogens (tertiary/aromatic N) is 1. The molecule has 4 atom stereocenters. The summed E-state index contributed by atoms with van der Waals surface area (Å²) in [5.74, 6) is -4.49. The minimum atomic E-state index is -1.66. The summed E-state index contributed by atoms with van der Waals surface area (Å²) in [4.78, 5) is 44.9. The van der Waals surface area contributed by atoms with Gasteiger partial charge in [0.2, 0.25) is 11.8 Å². The van der Waals surface area contributed by atoms with E-state index in [1.807, 2.05) is 58.0 Å². The van der Waals surface area contributed by atoms with Crippen LogP contribution in [0, 0.1) is 39.5 Å². The molecule has 0 saturated heterocycles. The van der Waals surface area contributed by atoms with Crippen LogP contribution in [-0.4, -0.2) is 33.3 Å². The summed E-state index contributed by atoms with van der Waals surface area (Å²) < 4.78 is 0. The van der Waals surface area contributed by atoms with Gasteiger partial charge in [-0.05, 0) is 75.6 Å². The first-order valence-corrected chi connectivity index (χ1v) is 12.4. The number of nitrogens with one attached hydrogen (secondary N) is 2. The van der Waals surface area contributed by atoms with Gasteiger partial charge in [0.1, 0.15) is 11.7 Å². The maximum Gasteiger partial charge on any atom is 0.235 e. The molecule has 0 unspecified atom stereocenters. The van der Waals surface area contributed by atoms with Crippen LogP contribution < -0.4 is 10.6 Å². The standard InChI is InChI=1S/C30H33N3O4/c1-17-6-8-22(19(3)14-17)32-28(35)26-24(34)16-30(5,37)27(25(26)21-10-12-31-13-11-21)29(36)33-23-9-7-18(2)15-20(23)4/h6-15,25-27,37H,16H2,1-5H3,(H,32,35)(H,33,36)/t25-,26+,27-,30-/m0/s1. The molecule has 0 bridgehead atoms. The number of carbonyl (C=O) groups excluding carboxylic acids is 3. The van der Waals surface area contributed by atoms with Crippen LogP contribution in [0.2, 0.25) is 0 Å². The lowest BCUT2D eigenvalue weighted by Crippen LogP contribution is -2.56. The number of aromatic nitrogens is 1. The van der Waals surface area contributed by atoms with Crippen molar-refractivity contribution in [1.82, 2.24) is 4.98 Å². The van der Waals surface area contributed by atoms with Gasteiger partial charge in [0, 0.05) is 36.1 Å². The summed E-state index contributed by atoms with van der Waals surface area (Å²) in [5.41, 5.74) is 4.01. The molecule has 1 heterocycles. The van der Waals surface area contributed by atoms with E-state index in [9.17, 15) is 19.5 Å². The van der Waals surface area contributed by atoms with E-state index in [1.54, 1.807) is 30.6 Å². The number of rotatable bonds is 5. The number of carbonyl (C=O) groups is 3. The molecule has 7 heteroatoms. The first-order chi connectivity index (χ1) is 17.5. The lowest BCUT2D eigenvalue weighted by Gasteiger charge is -2.44. The molecule has 0 spiro atoms. The summed E-state index contributed by atoms with van der Waals surface area (Å²) in [6, 6.07) is 14.7. The number of pyridine rings is 1. The van der Waals surface area contributed by atoms with Gasteiger partial charge in [-0.1, -0.05) is 35.4 Å². The van der Waals surface area contributed by atoms with Crippen LogP contribution in [0.4, 0.5) is 11.4 Å². The van der Waals surface area contributed by atoms with E-state index >= 15 is 0 Å². The SMILES string of the molecule is Cc1ccc(NC(=O)[C@@H]2C(=O)C[C@](C)(O)[C@H](C(=O)Nc3ccc(C)cc3C)[C@H]2c2ccncc2)c(C)c1. The predicted molar refractivity (Wildman–Crippen MR) is 143 cm³/mol. The highest BCUT2D eigenvalue weighted by Crippen LogP contribution is 2.46. The molecule has 7 nitrogen and oxygen atoms in total.